The zero-order chi connectivity index (χ0) is 21.4. The highest BCUT2D eigenvalue weighted by Gasteiger charge is 2.50. The maximum absolute atomic E-state index is 13.3. The van der Waals surface area contributed by atoms with Gasteiger partial charge < -0.3 is 14.9 Å². The predicted octanol–water partition coefficient (Wildman–Crippen LogP) is 2.77. The zero-order valence-electron chi connectivity index (χ0n) is 16.8. The first-order valence-electron chi connectivity index (χ1n) is 10.3. The lowest BCUT2D eigenvalue weighted by Gasteiger charge is -2.29. The predicted molar refractivity (Wildman–Crippen MR) is 113 cm³/mol. The van der Waals surface area contributed by atoms with Gasteiger partial charge in [-0.1, -0.05) is 36.4 Å². The van der Waals surface area contributed by atoms with Crippen molar-refractivity contribution in [3.8, 4) is 5.75 Å². The Bertz CT molecular complexity index is 1110. The van der Waals surface area contributed by atoms with Gasteiger partial charge in [0.2, 0.25) is 0 Å². The lowest BCUT2D eigenvalue weighted by molar-refractivity contribution is 0.0671. The molecule has 0 aliphatic carbocycles. The van der Waals surface area contributed by atoms with Crippen molar-refractivity contribution in [3.05, 3.63) is 90.0 Å². The molecule has 3 aromatic rings. The number of hydrogen-bond acceptors (Lipinski definition) is 5. The van der Waals surface area contributed by atoms with Crippen LogP contribution in [0.2, 0.25) is 0 Å². The van der Waals surface area contributed by atoms with Gasteiger partial charge in [0.15, 0.2) is 0 Å². The molecule has 0 saturated carbocycles. The number of aromatic nitrogens is 2. The molecule has 3 atom stereocenters. The molecule has 7 heteroatoms. The highest BCUT2D eigenvalue weighted by Crippen LogP contribution is 2.45. The number of amides is 2. The third-order valence-corrected chi connectivity index (χ3v) is 6.23. The van der Waals surface area contributed by atoms with Crippen LogP contribution in [0.5, 0.6) is 5.75 Å². The fourth-order valence-corrected chi connectivity index (χ4v) is 4.88. The summed E-state index contributed by atoms with van der Waals surface area (Å²) in [6.45, 7) is 1.69. The van der Waals surface area contributed by atoms with E-state index in [1.807, 2.05) is 40.1 Å². The van der Waals surface area contributed by atoms with Crippen LogP contribution in [0, 0.1) is 11.8 Å². The van der Waals surface area contributed by atoms with Crippen LogP contribution in [0.3, 0.4) is 0 Å². The third-order valence-electron chi connectivity index (χ3n) is 6.23. The molecule has 1 aromatic heterocycles. The highest BCUT2D eigenvalue weighted by molar-refractivity contribution is 5.95. The molecule has 0 spiro atoms. The van der Waals surface area contributed by atoms with Crippen LogP contribution < -0.4 is 0 Å². The molecule has 156 valence electrons. The van der Waals surface area contributed by atoms with E-state index in [-0.39, 0.29) is 35.4 Å². The lowest BCUT2D eigenvalue weighted by atomic mass is 9.89. The van der Waals surface area contributed by atoms with E-state index in [1.54, 1.807) is 24.4 Å². The molecule has 0 radical (unpaired) electrons. The first-order chi connectivity index (χ1) is 15.1. The molecule has 3 heterocycles. The molecular weight excluding hydrogens is 392 g/mol. The van der Waals surface area contributed by atoms with E-state index in [0.717, 1.165) is 5.56 Å². The van der Waals surface area contributed by atoms with Gasteiger partial charge in [0, 0.05) is 49.4 Å². The smallest absolute Gasteiger partial charge is 0.274 e. The Morgan fingerprint density at radius 1 is 0.935 bits per heavy atom. The van der Waals surface area contributed by atoms with Gasteiger partial charge in [0.25, 0.3) is 11.8 Å². The number of hydrogen-bond donors (Lipinski definition) is 1. The van der Waals surface area contributed by atoms with Crippen molar-refractivity contribution in [2.24, 2.45) is 11.8 Å². The van der Waals surface area contributed by atoms with E-state index in [2.05, 4.69) is 9.97 Å². The molecule has 2 saturated heterocycles. The van der Waals surface area contributed by atoms with Gasteiger partial charge in [-0.2, -0.15) is 0 Å². The Balaban J connectivity index is 1.43. The Hall–Kier alpha value is -3.74. The summed E-state index contributed by atoms with van der Waals surface area (Å²) in [6.07, 6.45) is 4.57. The van der Waals surface area contributed by atoms with Crippen molar-refractivity contribution in [1.29, 1.82) is 0 Å². The van der Waals surface area contributed by atoms with E-state index >= 15 is 0 Å². The van der Waals surface area contributed by atoms with Gasteiger partial charge in [0.1, 0.15) is 11.4 Å². The van der Waals surface area contributed by atoms with Crippen LogP contribution in [0.1, 0.15) is 32.5 Å². The second-order valence-corrected chi connectivity index (χ2v) is 8.09. The van der Waals surface area contributed by atoms with Gasteiger partial charge >= 0.3 is 0 Å². The molecule has 2 fully saturated rings. The minimum Gasteiger partial charge on any atom is -0.508 e. The Morgan fingerprint density at radius 2 is 1.77 bits per heavy atom. The summed E-state index contributed by atoms with van der Waals surface area (Å²) in [5.74, 6) is 0.149. The molecule has 0 bridgehead atoms. The van der Waals surface area contributed by atoms with Crippen molar-refractivity contribution < 1.29 is 14.7 Å². The van der Waals surface area contributed by atoms with Gasteiger partial charge in [0.05, 0.1) is 12.2 Å². The first kappa shape index (κ1) is 19.2. The molecule has 7 nitrogen and oxygen atoms in total. The molecular formula is C24H22N4O3. The first-order valence-corrected chi connectivity index (χ1v) is 10.3. The standard InChI is InChI=1S/C24H22N4O3/c29-19-8-4-7-17(11-19)23(30)27-13-18-14-28(24(31)21-12-25-9-10-26-21)22(20(18)15-27)16-5-2-1-3-6-16/h1-12,18,20,22,29H,13-15H2/t18-,20-,22+/m0/s1. The molecule has 5 rings (SSSR count). The van der Waals surface area contributed by atoms with Crippen LogP contribution in [0.25, 0.3) is 0 Å². The van der Waals surface area contributed by atoms with Crippen molar-refractivity contribution in [3.63, 3.8) is 0 Å². The summed E-state index contributed by atoms with van der Waals surface area (Å²) < 4.78 is 0. The highest BCUT2D eigenvalue weighted by atomic mass is 16.3. The number of likely N-dealkylation sites (tertiary alicyclic amines) is 2. The van der Waals surface area contributed by atoms with Crippen molar-refractivity contribution in [1.82, 2.24) is 19.8 Å². The summed E-state index contributed by atoms with van der Waals surface area (Å²) in [5.41, 5.74) is 1.86. The Labute approximate surface area is 180 Å². The number of phenolic OH excluding ortho intramolecular Hbond substituents is 1. The van der Waals surface area contributed by atoms with Crippen molar-refractivity contribution in [2.45, 2.75) is 6.04 Å². The number of benzene rings is 2. The van der Waals surface area contributed by atoms with E-state index in [0.29, 0.717) is 30.9 Å². The number of aromatic hydroxyl groups is 1. The monoisotopic (exact) mass is 414 g/mol. The number of carbonyl (C=O) groups excluding carboxylic acids is 2. The van der Waals surface area contributed by atoms with Crippen LogP contribution >= 0.6 is 0 Å². The lowest BCUT2D eigenvalue weighted by Crippen LogP contribution is -2.37. The maximum atomic E-state index is 13.3. The van der Waals surface area contributed by atoms with Gasteiger partial charge in [-0.25, -0.2) is 4.98 Å². The summed E-state index contributed by atoms with van der Waals surface area (Å²) >= 11 is 0. The molecule has 2 aliphatic heterocycles. The van der Waals surface area contributed by atoms with Crippen molar-refractivity contribution in [2.75, 3.05) is 19.6 Å². The topological polar surface area (TPSA) is 86.6 Å². The molecule has 2 aliphatic rings. The summed E-state index contributed by atoms with van der Waals surface area (Å²) in [6, 6.07) is 16.3. The average molecular weight is 414 g/mol. The minimum absolute atomic E-state index is 0.0770. The normalized spacial score (nSPS) is 22.4. The van der Waals surface area contributed by atoms with E-state index in [9.17, 15) is 14.7 Å². The van der Waals surface area contributed by atoms with Gasteiger partial charge in [-0.15, -0.1) is 0 Å². The number of nitrogens with zero attached hydrogens (tertiary/aromatic N) is 4. The number of rotatable bonds is 3. The van der Waals surface area contributed by atoms with E-state index < -0.39 is 0 Å². The summed E-state index contributed by atoms with van der Waals surface area (Å²) in [5, 5.41) is 9.73. The summed E-state index contributed by atoms with van der Waals surface area (Å²) in [7, 11) is 0. The third kappa shape index (κ3) is 3.52. The molecule has 31 heavy (non-hydrogen) atoms. The molecule has 1 N–H and O–H groups in total. The van der Waals surface area contributed by atoms with Crippen LogP contribution in [0.15, 0.2) is 73.2 Å². The van der Waals surface area contributed by atoms with Crippen molar-refractivity contribution >= 4 is 11.8 Å². The molecule has 2 amide bonds. The maximum Gasteiger partial charge on any atom is 0.274 e. The van der Waals surface area contributed by atoms with E-state index in [1.165, 1.54) is 18.5 Å². The number of fused-ring (bicyclic) bond motifs is 1. The summed E-state index contributed by atoms with van der Waals surface area (Å²) in [4.78, 5) is 38.2. The number of carbonyl (C=O) groups is 2. The average Bonchev–Trinajstić information content (AvgIpc) is 3.37. The molecule has 0 unspecified atom stereocenters. The Morgan fingerprint density at radius 3 is 2.52 bits per heavy atom. The second-order valence-electron chi connectivity index (χ2n) is 8.09. The van der Waals surface area contributed by atoms with Crippen LogP contribution in [-0.4, -0.2) is 56.3 Å². The fourth-order valence-electron chi connectivity index (χ4n) is 4.88. The van der Waals surface area contributed by atoms with Crippen LogP contribution in [0.4, 0.5) is 0 Å². The fraction of sp³-hybridized carbons (Fsp3) is 0.250. The van der Waals surface area contributed by atoms with Crippen LogP contribution in [-0.2, 0) is 0 Å². The zero-order valence-corrected chi connectivity index (χ0v) is 16.8. The second kappa shape index (κ2) is 7.83. The molecule has 2 aromatic carbocycles. The Kier molecular flexibility index (Phi) is 4.86. The van der Waals surface area contributed by atoms with Gasteiger partial charge in [-0.3, -0.25) is 14.6 Å². The number of phenols is 1. The largest absolute Gasteiger partial charge is 0.508 e. The van der Waals surface area contributed by atoms with E-state index in [4.69, 9.17) is 0 Å². The quantitative estimate of drug-likeness (QED) is 0.712. The SMILES string of the molecule is O=C(c1cccc(O)c1)N1C[C@H]2CN(C(=O)c3cnccn3)[C@H](c3ccccc3)[C@H]2C1. The minimum atomic E-state index is -0.137. The van der Waals surface area contributed by atoms with Gasteiger partial charge in [-0.05, 0) is 23.8 Å².